The van der Waals surface area contributed by atoms with E-state index in [0.29, 0.717) is 12.8 Å². The Morgan fingerprint density at radius 3 is 1.38 bits per heavy atom. The lowest BCUT2D eigenvalue weighted by atomic mass is 9.99. The van der Waals surface area contributed by atoms with E-state index >= 15 is 0 Å². The van der Waals surface area contributed by atoms with E-state index < -0.39 is 67.4 Å². The van der Waals surface area contributed by atoms with Crippen molar-refractivity contribution in [1.82, 2.24) is 5.32 Å². The normalized spacial score (nSPS) is 19.4. The Kier molecular flexibility index (Phi) is 51.3. The molecule has 0 spiro atoms. The van der Waals surface area contributed by atoms with E-state index in [4.69, 9.17) is 14.2 Å². The summed E-state index contributed by atoms with van der Waals surface area (Å²) in [4.78, 5) is 26.6. The third-order valence-corrected chi connectivity index (χ3v) is 14.9. The Morgan fingerprint density at radius 2 is 0.923 bits per heavy atom. The van der Waals surface area contributed by atoms with Crippen molar-refractivity contribution in [3.05, 3.63) is 72.9 Å². The van der Waals surface area contributed by atoms with Gasteiger partial charge in [-0.2, -0.15) is 0 Å². The smallest absolute Gasteiger partial charge is 0.306 e. The summed E-state index contributed by atoms with van der Waals surface area (Å²) in [5, 5.41) is 57.0. The lowest BCUT2D eigenvalue weighted by Crippen LogP contribution is -2.61. The third-order valence-electron chi connectivity index (χ3n) is 14.9. The molecular formula is C67H119NO10. The van der Waals surface area contributed by atoms with Gasteiger partial charge >= 0.3 is 5.97 Å². The molecule has 0 aliphatic carbocycles. The molecule has 11 heteroatoms. The van der Waals surface area contributed by atoms with Gasteiger partial charge in [0.05, 0.1) is 25.4 Å². The lowest BCUT2D eigenvalue weighted by Gasteiger charge is -2.41. The summed E-state index contributed by atoms with van der Waals surface area (Å²) in [6, 6.07) is -1.04. The Hall–Kier alpha value is -2.90. The molecule has 0 aromatic heterocycles. The van der Waals surface area contributed by atoms with Gasteiger partial charge < -0.3 is 45.1 Å². The van der Waals surface area contributed by atoms with Gasteiger partial charge in [-0.25, -0.2) is 0 Å². The van der Waals surface area contributed by atoms with Gasteiger partial charge in [-0.05, 0) is 70.6 Å². The first-order chi connectivity index (χ1) is 38.2. The van der Waals surface area contributed by atoms with Crippen molar-refractivity contribution >= 4 is 11.9 Å². The number of amides is 1. The van der Waals surface area contributed by atoms with Crippen molar-refractivity contribution < 1.29 is 49.3 Å². The van der Waals surface area contributed by atoms with E-state index in [0.717, 1.165) is 83.5 Å². The van der Waals surface area contributed by atoms with Crippen LogP contribution >= 0.6 is 0 Å². The standard InChI is InChI=1S/C67H119NO10/c1-4-7-10-13-16-19-22-25-27-29-31-33-35-37-40-43-46-49-52-55-62(72)78-65-64(74)63(73)61(56-69)77-67(65)76-57-58(59(70)53-50-47-44-41-38-24-21-18-15-12-9-6-3)68-66(75)60(71)54-51-48-45-42-39-36-34-32-30-28-26-23-20-17-14-11-8-5-2/h8,11,17,20,26,28,32,34,39,42,50,53,58-61,63-65,67,69-71,73-74H,4-7,9-10,12-16,18-19,21-25,27,29-31,33,35-38,40-41,43-49,51-52,54-57H2,1-3H3,(H,68,75)/b11-8-,20-17-,28-26-,34-32-,42-39-,53-50+. The number of aliphatic hydroxyl groups excluding tert-OH is 5. The van der Waals surface area contributed by atoms with Crippen LogP contribution in [0.2, 0.25) is 0 Å². The summed E-state index contributed by atoms with van der Waals surface area (Å²) in [6.07, 6.45) is 59.4. The van der Waals surface area contributed by atoms with Crippen molar-refractivity contribution in [2.75, 3.05) is 13.2 Å². The zero-order valence-corrected chi connectivity index (χ0v) is 50.0. The van der Waals surface area contributed by atoms with E-state index in [9.17, 15) is 35.1 Å². The number of carbonyl (C=O) groups is 2. The molecule has 1 fully saturated rings. The predicted octanol–water partition coefficient (Wildman–Crippen LogP) is 15.6. The Balaban J connectivity index is 2.68. The Bertz CT molecular complexity index is 1540. The minimum Gasteiger partial charge on any atom is -0.454 e. The van der Waals surface area contributed by atoms with Crippen molar-refractivity contribution in [3.8, 4) is 0 Å². The highest BCUT2D eigenvalue weighted by Crippen LogP contribution is 2.26. The third kappa shape index (κ3) is 42.0. The molecule has 1 aliphatic heterocycles. The number of nitrogens with one attached hydrogen (secondary N) is 1. The van der Waals surface area contributed by atoms with Gasteiger partial charge in [0.15, 0.2) is 12.4 Å². The van der Waals surface area contributed by atoms with E-state index in [1.54, 1.807) is 6.08 Å². The van der Waals surface area contributed by atoms with Crippen molar-refractivity contribution in [3.63, 3.8) is 0 Å². The van der Waals surface area contributed by atoms with Crippen LogP contribution in [0, 0.1) is 0 Å². The van der Waals surface area contributed by atoms with Crippen LogP contribution in [0.3, 0.4) is 0 Å². The van der Waals surface area contributed by atoms with Gasteiger partial charge in [0.1, 0.15) is 24.4 Å². The molecule has 1 rings (SSSR count). The highest BCUT2D eigenvalue weighted by Gasteiger charge is 2.47. The molecule has 452 valence electrons. The van der Waals surface area contributed by atoms with Gasteiger partial charge in [0, 0.05) is 6.42 Å². The number of hydrogen-bond donors (Lipinski definition) is 6. The number of esters is 1. The quantitative estimate of drug-likeness (QED) is 0.0195. The molecule has 1 saturated heterocycles. The average molecular weight is 1100 g/mol. The summed E-state index contributed by atoms with van der Waals surface area (Å²) in [6.45, 7) is 5.67. The van der Waals surface area contributed by atoms with E-state index in [1.807, 2.05) is 6.08 Å². The SMILES string of the molecule is CC/C=C\C/C=C\C/C=C\C/C=C\C/C=C\CCCCC(O)C(=O)NC(COC1OC(CO)C(O)C(O)C1OC(=O)CCCCCCCCCCCCCCCCCCCCC)C(O)/C=C/CCCCCCCCCCCC. The van der Waals surface area contributed by atoms with Crippen molar-refractivity contribution in [1.29, 1.82) is 0 Å². The average Bonchev–Trinajstić information content (AvgIpc) is 3.44. The fourth-order valence-electron chi connectivity index (χ4n) is 9.80. The van der Waals surface area contributed by atoms with E-state index in [2.05, 4.69) is 86.8 Å². The molecular weight excluding hydrogens is 979 g/mol. The zero-order chi connectivity index (χ0) is 56.8. The lowest BCUT2D eigenvalue weighted by molar-refractivity contribution is -0.305. The number of aliphatic hydroxyl groups is 5. The van der Waals surface area contributed by atoms with Crippen molar-refractivity contribution in [2.45, 2.75) is 327 Å². The van der Waals surface area contributed by atoms with Gasteiger partial charge in [0.2, 0.25) is 5.91 Å². The van der Waals surface area contributed by atoms with E-state index in [-0.39, 0.29) is 19.4 Å². The fraction of sp³-hybridized carbons (Fsp3) is 0.791. The largest absolute Gasteiger partial charge is 0.454 e. The number of rotatable bonds is 54. The van der Waals surface area contributed by atoms with Crippen LogP contribution in [0.25, 0.3) is 0 Å². The molecule has 0 saturated carbocycles. The molecule has 1 amide bonds. The minimum absolute atomic E-state index is 0.121. The van der Waals surface area contributed by atoms with Crippen LogP contribution in [-0.2, 0) is 23.8 Å². The molecule has 11 nitrogen and oxygen atoms in total. The van der Waals surface area contributed by atoms with Gasteiger partial charge in [0.25, 0.3) is 0 Å². The molecule has 8 unspecified atom stereocenters. The van der Waals surface area contributed by atoms with Crippen LogP contribution < -0.4 is 5.32 Å². The Morgan fingerprint density at radius 1 is 0.513 bits per heavy atom. The van der Waals surface area contributed by atoms with E-state index in [1.165, 1.54) is 148 Å². The maximum Gasteiger partial charge on any atom is 0.306 e. The molecule has 0 bridgehead atoms. The summed E-state index contributed by atoms with van der Waals surface area (Å²) >= 11 is 0. The topological polar surface area (TPSA) is 175 Å². The van der Waals surface area contributed by atoms with Gasteiger partial charge in [-0.1, -0.05) is 273 Å². The molecule has 0 radical (unpaired) electrons. The molecule has 0 aromatic rings. The monoisotopic (exact) mass is 1100 g/mol. The van der Waals surface area contributed by atoms with Crippen LogP contribution in [0.4, 0.5) is 0 Å². The van der Waals surface area contributed by atoms with Crippen LogP contribution in [0.1, 0.15) is 278 Å². The van der Waals surface area contributed by atoms with Crippen LogP contribution in [0.5, 0.6) is 0 Å². The number of unbranched alkanes of at least 4 members (excludes halogenated alkanes) is 30. The fourth-order valence-corrected chi connectivity index (χ4v) is 9.80. The van der Waals surface area contributed by atoms with Gasteiger partial charge in [-0.15, -0.1) is 0 Å². The highest BCUT2D eigenvalue weighted by atomic mass is 16.7. The second-order valence-corrected chi connectivity index (χ2v) is 22.1. The Labute approximate surface area is 477 Å². The molecule has 78 heavy (non-hydrogen) atoms. The molecule has 1 heterocycles. The minimum atomic E-state index is -1.62. The summed E-state index contributed by atoms with van der Waals surface area (Å²) in [7, 11) is 0. The zero-order valence-electron chi connectivity index (χ0n) is 50.0. The van der Waals surface area contributed by atoms with Gasteiger partial charge in [-0.3, -0.25) is 9.59 Å². The number of allylic oxidation sites excluding steroid dienone is 11. The molecule has 0 aromatic carbocycles. The first-order valence-electron chi connectivity index (χ1n) is 32.2. The highest BCUT2D eigenvalue weighted by molar-refractivity contribution is 5.80. The number of ether oxygens (including phenoxy) is 3. The number of hydrogen-bond acceptors (Lipinski definition) is 10. The molecule has 8 atom stereocenters. The molecule has 6 N–H and O–H groups in total. The summed E-state index contributed by atoms with van der Waals surface area (Å²) in [5.74, 6) is -1.22. The first-order valence-corrected chi connectivity index (χ1v) is 32.2. The van der Waals surface area contributed by atoms with Crippen LogP contribution in [0.15, 0.2) is 72.9 Å². The summed E-state index contributed by atoms with van der Waals surface area (Å²) < 4.78 is 17.6. The summed E-state index contributed by atoms with van der Waals surface area (Å²) in [5.41, 5.74) is 0. The predicted molar refractivity (Wildman–Crippen MR) is 324 cm³/mol. The first kappa shape index (κ1) is 73.1. The molecule has 1 aliphatic rings. The maximum absolute atomic E-state index is 13.4. The maximum atomic E-state index is 13.4. The number of carbonyl (C=O) groups excluding carboxylic acids is 2. The second kappa shape index (κ2) is 54.7. The second-order valence-electron chi connectivity index (χ2n) is 22.1. The van der Waals surface area contributed by atoms with Crippen molar-refractivity contribution in [2.24, 2.45) is 0 Å². The van der Waals surface area contributed by atoms with Crippen LogP contribution in [-0.4, -0.2) is 99.6 Å².